The first-order valence-electron chi connectivity index (χ1n) is 10.3. The third-order valence-corrected chi connectivity index (χ3v) is 5.88. The third-order valence-electron chi connectivity index (χ3n) is 5.88. The highest BCUT2D eigenvalue weighted by Gasteiger charge is 2.29. The summed E-state index contributed by atoms with van der Waals surface area (Å²) in [5.41, 5.74) is 5.80. The Morgan fingerprint density at radius 3 is 2.73 bits per heavy atom. The highest BCUT2D eigenvalue weighted by molar-refractivity contribution is 5.92. The van der Waals surface area contributed by atoms with Crippen LogP contribution in [0, 0.1) is 5.82 Å². The molecule has 4 rings (SSSR count). The molecule has 2 aromatic carbocycles. The highest BCUT2D eigenvalue weighted by atomic mass is 19.1. The first kappa shape index (κ1) is 20.2. The molecule has 1 unspecified atom stereocenters. The van der Waals surface area contributed by atoms with Crippen LogP contribution in [-0.2, 0) is 13.0 Å². The van der Waals surface area contributed by atoms with Crippen LogP contribution in [0.4, 0.5) is 4.39 Å². The van der Waals surface area contributed by atoms with Crippen LogP contribution in [0.15, 0.2) is 60.8 Å². The van der Waals surface area contributed by atoms with Gasteiger partial charge in [-0.3, -0.25) is 4.79 Å². The summed E-state index contributed by atoms with van der Waals surface area (Å²) in [5, 5.41) is 10.0. The van der Waals surface area contributed by atoms with Crippen molar-refractivity contribution in [3.05, 3.63) is 89.0 Å². The van der Waals surface area contributed by atoms with Crippen molar-refractivity contribution in [1.29, 1.82) is 0 Å². The minimum atomic E-state index is -0.455. The molecule has 1 aliphatic heterocycles. The zero-order valence-corrected chi connectivity index (χ0v) is 17.0. The number of amides is 1. The first-order valence-corrected chi connectivity index (χ1v) is 10.3. The van der Waals surface area contributed by atoms with Gasteiger partial charge in [0.1, 0.15) is 11.5 Å². The lowest BCUT2D eigenvalue weighted by Crippen LogP contribution is -2.29. The first-order chi connectivity index (χ1) is 14.6. The second-order valence-corrected chi connectivity index (χ2v) is 7.68. The number of pyridine rings is 1. The van der Waals surface area contributed by atoms with Crippen molar-refractivity contribution < 1.29 is 14.3 Å². The van der Waals surface area contributed by atoms with Crippen LogP contribution in [0.5, 0.6) is 0 Å². The molecule has 0 spiro atoms. The summed E-state index contributed by atoms with van der Waals surface area (Å²) in [6, 6.07) is 17.3. The van der Waals surface area contributed by atoms with E-state index in [1.54, 1.807) is 4.90 Å². The number of halogens is 1. The van der Waals surface area contributed by atoms with Crippen LogP contribution in [0.3, 0.4) is 0 Å². The SMILES string of the molecule is CCc1ccccc1-c1ccc(C2CCN(C(=O)c3ccc(F)cn3)C2)c(CO)c1. The van der Waals surface area contributed by atoms with Crippen LogP contribution >= 0.6 is 0 Å². The average molecular weight is 404 g/mol. The fourth-order valence-corrected chi connectivity index (χ4v) is 4.28. The van der Waals surface area contributed by atoms with Gasteiger partial charge in [0.25, 0.3) is 5.91 Å². The summed E-state index contributed by atoms with van der Waals surface area (Å²) in [6.07, 6.45) is 2.84. The molecule has 1 amide bonds. The van der Waals surface area contributed by atoms with Crippen molar-refractivity contribution in [3.63, 3.8) is 0 Å². The standard InChI is InChI=1S/C25H25FN2O2/c1-2-17-5-3-4-6-22(17)18-7-9-23(20(13-18)16-29)19-11-12-28(15-19)25(30)24-10-8-21(26)14-27-24/h3-10,13-14,19,29H,2,11-12,15-16H2,1H3. The third kappa shape index (κ3) is 3.98. The number of hydrogen-bond donors (Lipinski definition) is 1. The molecular weight excluding hydrogens is 379 g/mol. The van der Waals surface area contributed by atoms with Gasteiger partial charge in [0.05, 0.1) is 12.8 Å². The van der Waals surface area contributed by atoms with Crippen LogP contribution < -0.4 is 0 Å². The number of carbonyl (C=O) groups excluding carboxylic acids is 1. The molecule has 1 saturated heterocycles. The topological polar surface area (TPSA) is 53.4 Å². The van der Waals surface area contributed by atoms with Gasteiger partial charge in [-0.25, -0.2) is 9.37 Å². The smallest absolute Gasteiger partial charge is 0.272 e. The van der Waals surface area contributed by atoms with Gasteiger partial charge < -0.3 is 10.0 Å². The van der Waals surface area contributed by atoms with Crippen molar-refractivity contribution in [2.75, 3.05) is 13.1 Å². The Hall–Kier alpha value is -3.05. The molecule has 5 heteroatoms. The summed E-state index contributed by atoms with van der Waals surface area (Å²) in [6.45, 7) is 3.28. The summed E-state index contributed by atoms with van der Waals surface area (Å²) in [4.78, 5) is 18.4. The molecule has 1 aliphatic rings. The molecule has 0 bridgehead atoms. The average Bonchev–Trinajstić information content (AvgIpc) is 3.28. The number of nitrogens with zero attached hydrogens (tertiary/aromatic N) is 2. The van der Waals surface area contributed by atoms with Gasteiger partial charge in [0.15, 0.2) is 0 Å². The number of rotatable bonds is 5. The van der Waals surface area contributed by atoms with E-state index >= 15 is 0 Å². The number of aryl methyl sites for hydroxylation is 1. The van der Waals surface area contributed by atoms with Crippen LogP contribution in [0.2, 0.25) is 0 Å². The van der Waals surface area contributed by atoms with Crippen LogP contribution in [-0.4, -0.2) is 34.0 Å². The molecule has 154 valence electrons. The number of carbonyl (C=O) groups is 1. The van der Waals surface area contributed by atoms with Gasteiger partial charge in [0.2, 0.25) is 0 Å². The van der Waals surface area contributed by atoms with E-state index in [9.17, 15) is 14.3 Å². The van der Waals surface area contributed by atoms with Gasteiger partial charge in [-0.15, -0.1) is 0 Å². The second kappa shape index (κ2) is 8.76. The molecular formula is C25H25FN2O2. The quantitative estimate of drug-likeness (QED) is 0.678. The summed E-state index contributed by atoms with van der Waals surface area (Å²) >= 11 is 0. The Morgan fingerprint density at radius 1 is 1.17 bits per heavy atom. The fraction of sp³-hybridized carbons (Fsp3) is 0.280. The number of benzene rings is 2. The monoisotopic (exact) mass is 404 g/mol. The second-order valence-electron chi connectivity index (χ2n) is 7.68. The van der Waals surface area contributed by atoms with E-state index in [0.717, 1.165) is 35.7 Å². The van der Waals surface area contributed by atoms with E-state index in [0.29, 0.717) is 13.1 Å². The fourth-order valence-electron chi connectivity index (χ4n) is 4.28. The van der Waals surface area contributed by atoms with Gasteiger partial charge in [0, 0.05) is 19.0 Å². The largest absolute Gasteiger partial charge is 0.392 e. The van der Waals surface area contributed by atoms with Gasteiger partial charge in [-0.05, 0) is 58.9 Å². The normalized spacial score (nSPS) is 16.1. The lowest BCUT2D eigenvalue weighted by Gasteiger charge is -2.19. The molecule has 1 fully saturated rings. The molecule has 30 heavy (non-hydrogen) atoms. The van der Waals surface area contributed by atoms with E-state index in [1.807, 2.05) is 12.1 Å². The van der Waals surface area contributed by atoms with Gasteiger partial charge in [-0.2, -0.15) is 0 Å². The molecule has 1 aromatic heterocycles. The highest BCUT2D eigenvalue weighted by Crippen LogP contribution is 2.34. The molecule has 1 atom stereocenters. The molecule has 1 N–H and O–H groups in total. The Bertz CT molecular complexity index is 1050. The van der Waals surface area contributed by atoms with Crippen LogP contribution in [0.1, 0.15) is 46.4 Å². The number of aliphatic hydroxyl groups is 1. The summed E-state index contributed by atoms with van der Waals surface area (Å²) in [5.74, 6) is -0.480. The van der Waals surface area contributed by atoms with Crippen molar-refractivity contribution in [2.24, 2.45) is 0 Å². The molecule has 0 radical (unpaired) electrons. The van der Waals surface area contributed by atoms with Crippen molar-refractivity contribution in [2.45, 2.75) is 32.3 Å². The Morgan fingerprint density at radius 2 is 2.00 bits per heavy atom. The van der Waals surface area contributed by atoms with E-state index in [1.165, 1.54) is 23.3 Å². The van der Waals surface area contributed by atoms with Crippen LogP contribution in [0.25, 0.3) is 11.1 Å². The predicted octanol–water partition coefficient (Wildman–Crippen LogP) is 4.57. The molecule has 4 nitrogen and oxygen atoms in total. The maximum atomic E-state index is 13.1. The lowest BCUT2D eigenvalue weighted by atomic mass is 9.89. The van der Waals surface area contributed by atoms with E-state index in [4.69, 9.17) is 0 Å². The van der Waals surface area contributed by atoms with E-state index < -0.39 is 5.82 Å². The van der Waals surface area contributed by atoms with Gasteiger partial charge in [-0.1, -0.05) is 43.3 Å². The lowest BCUT2D eigenvalue weighted by molar-refractivity contribution is 0.0785. The maximum Gasteiger partial charge on any atom is 0.272 e. The number of aliphatic hydroxyl groups excluding tert-OH is 1. The van der Waals surface area contributed by atoms with Crippen molar-refractivity contribution >= 4 is 5.91 Å². The molecule has 3 aromatic rings. The Balaban J connectivity index is 1.56. The molecule has 2 heterocycles. The summed E-state index contributed by atoms with van der Waals surface area (Å²) in [7, 11) is 0. The molecule has 0 saturated carbocycles. The maximum absolute atomic E-state index is 13.1. The predicted molar refractivity (Wildman–Crippen MR) is 115 cm³/mol. The number of aromatic nitrogens is 1. The van der Waals surface area contributed by atoms with Gasteiger partial charge >= 0.3 is 0 Å². The number of hydrogen-bond acceptors (Lipinski definition) is 3. The summed E-state index contributed by atoms with van der Waals surface area (Å²) < 4.78 is 13.1. The minimum Gasteiger partial charge on any atom is -0.392 e. The minimum absolute atomic E-state index is 0.0402. The zero-order valence-electron chi connectivity index (χ0n) is 17.0. The zero-order chi connectivity index (χ0) is 21.1. The number of likely N-dealkylation sites (tertiary alicyclic amines) is 1. The van der Waals surface area contributed by atoms with E-state index in [2.05, 4.69) is 42.2 Å². The Kier molecular flexibility index (Phi) is 5.91. The van der Waals surface area contributed by atoms with Crippen molar-refractivity contribution in [3.8, 4) is 11.1 Å². The van der Waals surface area contributed by atoms with E-state index in [-0.39, 0.29) is 24.1 Å². The van der Waals surface area contributed by atoms with Crippen molar-refractivity contribution in [1.82, 2.24) is 9.88 Å². The molecule has 0 aliphatic carbocycles. The Labute approximate surface area is 176 Å².